The van der Waals surface area contributed by atoms with Crippen molar-refractivity contribution in [2.24, 2.45) is 35.5 Å². The van der Waals surface area contributed by atoms with Crippen molar-refractivity contribution in [2.45, 2.75) is 180 Å². The summed E-state index contributed by atoms with van der Waals surface area (Å²) in [6, 6.07) is -1.22. The second-order valence-electron chi connectivity index (χ2n) is 20.2. The average Bonchev–Trinajstić information content (AvgIpc) is 3.86. The molecule has 0 spiro atoms. The van der Waals surface area contributed by atoms with E-state index in [9.17, 15) is 39.3 Å². The van der Waals surface area contributed by atoms with Gasteiger partial charge in [-0.15, -0.1) is 5.10 Å². The number of carbonyl (C=O) groups is 5. The number of Topliss-reactive ketones (excluding diaryl/α,β-unsaturated/α-hetero) is 3. The number of fused-ring (bicyclic) bond motifs is 3. The number of hydrogen-bond donors (Lipinski definition) is 3. The Morgan fingerprint density at radius 3 is 2.34 bits per heavy atom. The molecule has 1 aromatic heterocycles. The van der Waals surface area contributed by atoms with E-state index in [4.69, 9.17) is 18.9 Å². The van der Waals surface area contributed by atoms with E-state index in [0.717, 1.165) is 12.8 Å². The summed E-state index contributed by atoms with van der Waals surface area (Å²) in [6.45, 7) is 12.5. The van der Waals surface area contributed by atoms with Crippen LogP contribution in [0.4, 0.5) is 0 Å². The van der Waals surface area contributed by atoms with Gasteiger partial charge in [-0.2, -0.15) is 0 Å². The molecule has 68 heavy (non-hydrogen) atoms. The topological polar surface area (TPSA) is 230 Å². The lowest BCUT2D eigenvalue weighted by Crippen LogP contribution is -2.61. The van der Waals surface area contributed by atoms with Crippen molar-refractivity contribution in [1.29, 1.82) is 0 Å². The largest absolute Gasteiger partial charge is 0.460 e. The lowest BCUT2D eigenvalue weighted by molar-refractivity contribution is -0.265. The number of cyclic esters (lactones) is 1. The zero-order valence-electron chi connectivity index (χ0n) is 41.6. The van der Waals surface area contributed by atoms with Gasteiger partial charge in [0.1, 0.15) is 36.5 Å². The monoisotopic (exact) mass is 952 g/mol. The number of methoxy groups -OCH3 is 2. The maximum absolute atomic E-state index is 14.5. The van der Waals surface area contributed by atoms with Crippen LogP contribution < -0.4 is 0 Å². The van der Waals surface area contributed by atoms with Crippen molar-refractivity contribution in [3.63, 3.8) is 0 Å². The predicted octanol–water partition coefficient (Wildman–Crippen LogP) is 5.39. The molecular formula is C51H77N5O12. The molecule has 5 rings (SSSR count). The number of hydrogen-bond acceptors (Lipinski definition) is 15. The van der Waals surface area contributed by atoms with Gasteiger partial charge in [-0.05, 0) is 117 Å². The van der Waals surface area contributed by atoms with E-state index < -0.39 is 77.8 Å². The fourth-order valence-corrected chi connectivity index (χ4v) is 10.5. The van der Waals surface area contributed by atoms with Crippen LogP contribution >= 0.6 is 0 Å². The molecule has 1 aromatic rings. The second-order valence-corrected chi connectivity index (χ2v) is 20.2. The Hall–Kier alpha value is -4.26. The number of tetrazole rings is 1. The second kappa shape index (κ2) is 25.0. The van der Waals surface area contributed by atoms with E-state index in [1.807, 2.05) is 32.1 Å². The van der Waals surface area contributed by atoms with Gasteiger partial charge in [-0.1, -0.05) is 71.1 Å². The summed E-state index contributed by atoms with van der Waals surface area (Å²) in [5.74, 6) is -8.20. The summed E-state index contributed by atoms with van der Waals surface area (Å²) < 4.78 is 25.5. The van der Waals surface area contributed by atoms with Crippen LogP contribution in [0.2, 0.25) is 0 Å². The van der Waals surface area contributed by atoms with Gasteiger partial charge in [0, 0.05) is 51.4 Å². The molecule has 15 atom stereocenters. The minimum absolute atomic E-state index is 0.00720. The number of nitrogens with zero attached hydrogens (tertiary/aromatic N) is 5. The van der Waals surface area contributed by atoms with Gasteiger partial charge in [0.2, 0.25) is 5.79 Å². The number of piperidine rings is 1. The van der Waals surface area contributed by atoms with Gasteiger partial charge in [0.25, 0.3) is 11.7 Å². The highest BCUT2D eigenvalue weighted by Gasteiger charge is 2.53. The van der Waals surface area contributed by atoms with E-state index in [-0.39, 0.29) is 67.3 Å². The van der Waals surface area contributed by atoms with Crippen molar-refractivity contribution in [3.8, 4) is 0 Å². The van der Waals surface area contributed by atoms with Crippen LogP contribution in [-0.4, -0.2) is 139 Å². The third-order valence-electron chi connectivity index (χ3n) is 14.9. The predicted molar refractivity (Wildman–Crippen MR) is 251 cm³/mol. The Morgan fingerprint density at radius 2 is 1.65 bits per heavy atom. The average molecular weight is 952 g/mol. The lowest BCUT2D eigenvalue weighted by Gasteiger charge is -2.42. The van der Waals surface area contributed by atoms with Crippen LogP contribution in [0.25, 0.3) is 0 Å². The Balaban J connectivity index is 1.45. The number of amides is 1. The van der Waals surface area contributed by atoms with Gasteiger partial charge in [0.05, 0.1) is 24.4 Å². The maximum Gasteiger partial charge on any atom is 0.329 e. The highest BCUT2D eigenvalue weighted by molar-refractivity contribution is 6.39. The molecule has 1 saturated carbocycles. The Labute approximate surface area is 401 Å². The van der Waals surface area contributed by atoms with E-state index in [0.29, 0.717) is 56.1 Å². The molecule has 1 aliphatic carbocycles. The van der Waals surface area contributed by atoms with Gasteiger partial charge in [-0.3, -0.25) is 19.2 Å². The normalized spacial score (nSPS) is 39.1. The first-order valence-corrected chi connectivity index (χ1v) is 24.7. The summed E-state index contributed by atoms with van der Waals surface area (Å²) >= 11 is 0. The third kappa shape index (κ3) is 13.7. The SMILES string of the molecule is CO[C@@H]1C[C@H](C[C@@H](C)[C@@H]2CC(=O)[C@H](C)/C=C(\C)[C@@H](O)[C@@H](OC)C(=O)[C@H](C)C[C@H](C)/C=C/C=C/C=C(\C)[C@@H](O)C[C@@H]3CC[C@@H](C)[C@@](O)(O3)C(=O)C(=O)N3CCCC[C@H]3C(=O)O2)CC[C@@H]1n1cnnn1. The first-order valence-electron chi connectivity index (χ1n) is 24.7. The summed E-state index contributed by atoms with van der Waals surface area (Å²) in [5.41, 5.74) is 1.00. The van der Waals surface area contributed by atoms with Crippen molar-refractivity contribution in [3.05, 3.63) is 53.9 Å². The van der Waals surface area contributed by atoms with Crippen LogP contribution in [-0.2, 0) is 42.9 Å². The smallest absolute Gasteiger partial charge is 0.329 e. The number of aliphatic hydroxyl groups is 3. The van der Waals surface area contributed by atoms with Crippen LogP contribution in [0.15, 0.2) is 53.9 Å². The van der Waals surface area contributed by atoms with Gasteiger partial charge < -0.3 is 39.2 Å². The van der Waals surface area contributed by atoms with Crippen molar-refractivity contribution in [1.82, 2.24) is 25.1 Å². The van der Waals surface area contributed by atoms with E-state index in [2.05, 4.69) is 15.5 Å². The number of esters is 1. The van der Waals surface area contributed by atoms with Crippen LogP contribution in [0.5, 0.6) is 0 Å². The molecule has 378 valence electrons. The van der Waals surface area contributed by atoms with Gasteiger partial charge in [0.15, 0.2) is 5.78 Å². The number of carbonyl (C=O) groups excluding carboxylic acids is 5. The number of aromatic nitrogens is 4. The molecule has 17 heteroatoms. The van der Waals surface area contributed by atoms with Crippen LogP contribution in [0, 0.1) is 35.5 Å². The molecule has 0 aromatic carbocycles. The number of rotatable bonds is 6. The van der Waals surface area contributed by atoms with Crippen molar-refractivity contribution in [2.75, 3.05) is 20.8 Å². The highest BCUT2D eigenvalue weighted by atomic mass is 16.6. The number of aliphatic hydroxyl groups excluding tert-OH is 2. The van der Waals surface area contributed by atoms with Crippen LogP contribution in [0.1, 0.15) is 132 Å². The zero-order valence-corrected chi connectivity index (χ0v) is 41.6. The molecular weight excluding hydrogens is 875 g/mol. The van der Waals surface area contributed by atoms with Crippen LogP contribution in [0.3, 0.4) is 0 Å². The molecule has 2 saturated heterocycles. The van der Waals surface area contributed by atoms with E-state index in [1.54, 1.807) is 71.0 Å². The summed E-state index contributed by atoms with van der Waals surface area (Å²) in [4.78, 5) is 72.0. The van der Waals surface area contributed by atoms with Gasteiger partial charge >= 0.3 is 5.97 Å². The minimum atomic E-state index is -2.49. The first-order chi connectivity index (χ1) is 32.3. The standard InChI is InChI=1S/C51H77N5O12/c1-30-15-11-10-12-16-31(2)41(57)27-38-20-18-36(7)51(64,68-38)48(61)49(62)55-22-14-13-17-40(55)50(63)67-43(33(4)25-37-19-21-39(44(26-37)65-8)56-29-52-53-54-56)28-42(58)32(3)24-35(6)46(60)47(66-9)45(59)34(5)23-30/h10-12,15-16,24,29-30,32-34,36-41,43-44,46-47,57,60,64H,13-14,17-23,25-28H2,1-9H3/b12-10+,15-11+,31-16+,35-24+/t30-,32-,33-,34-,36-,37+,38+,39+,40+,41+,43+,44-,46-,47+,51-/m1/s1. The summed E-state index contributed by atoms with van der Waals surface area (Å²) in [5, 5.41) is 46.2. The van der Waals surface area contributed by atoms with E-state index in [1.165, 1.54) is 12.0 Å². The minimum Gasteiger partial charge on any atom is -0.460 e. The Morgan fingerprint density at radius 1 is 0.897 bits per heavy atom. The summed E-state index contributed by atoms with van der Waals surface area (Å²) in [7, 11) is 3.02. The molecule has 0 radical (unpaired) electrons. The fraction of sp³-hybridized carbons (Fsp3) is 0.725. The highest BCUT2D eigenvalue weighted by Crippen LogP contribution is 2.39. The molecule has 17 nitrogen and oxygen atoms in total. The Kier molecular flexibility index (Phi) is 20.1. The van der Waals surface area contributed by atoms with Crippen molar-refractivity contribution < 1.29 is 58.2 Å². The molecule has 2 bridgehead atoms. The Bertz CT molecular complexity index is 2000. The maximum atomic E-state index is 14.5. The number of ketones is 3. The molecule has 4 heterocycles. The molecule has 3 N–H and O–H groups in total. The molecule has 3 fully saturated rings. The molecule has 3 aliphatic heterocycles. The number of ether oxygens (including phenoxy) is 4. The fourth-order valence-electron chi connectivity index (χ4n) is 10.5. The molecule has 4 aliphatic rings. The quantitative estimate of drug-likeness (QED) is 0.184. The van der Waals surface area contributed by atoms with E-state index >= 15 is 0 Å². The zero-order chi connectivity index (χ0) is 49.9. The lowest BCUT2D eigenvalue weighted by atomic mass is 9.77. The van der Waals surface area contributed by atoms with Crippen molar-refractivity contribution >= 4 is 29.2 Å². The number of allylic oxidation sites excluding steroid dienone is 6. The first kappa shape index (κ1) is 54.7. The molecule has 0 unspecified atom stereocenters. The van der Waals surface area contributed by atoms with Gasteiger partial charge in [-0.25, -0.2) is 9.48 Å². The summed E-state index contributed by atoms with van der Waals surface area (Å²) in [6.07, 6.45) is 12.3. The molecule has 1 amide bonds. The third-order valence-corrected chi connectivity index (χ3v) is 14.9.